The van der Waals surface area contributed by atoms with Gasteiger partial charge in [0, 0.05) is 19.2 Å². The summed E-state index contributed by atoms with van der Waals surface area (Å²) in [6, 6.07) is 0. The topological polar surface area (TPSA) is 32.3 Å². The van der Waals surface area contributed by atoms with E-state index in [-0.39, 0.29) is 5.78 Å². The Bertz CT molecular complexity index is 187. The second-order valence-electron chi connectivity index (χ2n) is 2.52. The Morgan fingerprint density at radius 3 is 3.00 bits per heavy atom. The number of hydrogen-bond acceptors (Lipinski definition) is 3. The van der Waals surface area contributed by atoms with Crippen LogP contribution in [0.15, 0.2) is 11.9 Å². The second kappa shape index (κ2) is 3.42. The molecule has 1 rings (SSSR count). The van der Waals surface area contributed by atoms with Crippen LogP contribution in [0, 0.1) is 0 Å². The van der Waals surface area contributed by atoms with Gasteiger partial charge in [0.05, 0.1) is 12.4 Å². The second-order valence-corrected chi connectivity index (χ2v) is 2.52. The molecule has 0 bridgehead atoms. The molecule has 0 saturated carbocycles. The lowest BCUT2D eigenvalue weighted by Crippen LogP contribution is -2.26. The number of likely N-dealkylation sites (N-methyl/N-ethyl adjacent to an activating group) is 1. The van der Waals surface area contributed by atoms with Crippen LogP contribution in [0.25, 0.3) is 0 Å². The maximum Gasteiger partial charge on any atom is 0.180 e. The predicted molar refractivity (Wildman–Crippen MR) is 43.8 cm³/mol. The number of nitrogens with zero attached hydrogens (tertiary/aromatic N) is 1. The molecule has 0 unspecified atom stereocenters. The highest BCUT2D eigenvalue weighted by Crippen LogP contribution is 2.09. The first-order chi connectivity index (χ1) is 5.29. The molecule has 0 fully saturated rings. The number of allylic oxidation sites excluding steroid dienone is 1. The standard InChI is InChI=1S/C8H14N2O/c1-3-8(11)7-5-9-6-10(7)4-2/h5,9H,3-4,6H2,1-2H3. The molecule has 0 amide bonds. The van der Waals surface area contributed by atoms with Crippen molar-refractivity contribution in [2.45, 2.75) is 20.3 Å². The van der Waals surface area contributed by atoms with E-state index in [1.807, 2.05) is 18.7 Å². The third-order valence-electron chi connectivity index (χ3n) is 1.85. The van der Waals surface area contributed by atoms with E-state index in [9.17, 15) is 4.79 Å². The van der Waals surface area contributed by atoms with Crippen LogP contribution in [0.5, 0.6) is 0 Å². The van der Waals surface area contributed by atoms with Crippen molar-refractivity contribution in [3.05, 3.63) is 11.9 Å². The third kappa shape index (κ3) is 1.53. The Kier molecular flexibility index (Phi) is 2.52. The van der Waals surface area contributed by atoms with Crippen molar-refractivity contribution in [1.29, 1.82) is 0 Å². The monoisotopic (exact) mass is 154 g/mol. The third-order valence-corrected chi connectivity index (χ3v) is 1.85. The maximum absolute atomic E-state index is 11.2. The van der Waals surface area contributed by atoms with Crippen molar-refractivity contribution in [3.8, 4) is 0 Å². The predicted octanol–water partition coefficient (Wildman–Crippen LogP) is 0.690. The number of carbonyl (C=O) groups is 1. The smallest absolute Gasteiger partial charge is 0.180 e. The van der Waals surface area contributed by atoms with E-state index in [0.29, 0.717) is 6.42 Å². The van der Waals surface area contributed by atoms with Gasteiger partial charge in [-0.1, -0.05) is 6.92 Å². The van der Waals surface area contributed by atoms with Gasteiger partial charge in [-0.25, -0.2) is 0 Å². The number of rotatable bonds is 3. The molecular weight excluding hydrogens is 140 g/mol. The average molecular weight is 154 g/mol. The van der Waals surface area contributed by atoms with E-state index in [2.05, 4.69) is 5.32 Å². The molecule has 1 aliphatic heterocycles. The number of Topliss-reactive ketones (excluding diaryl/α,β-unsaturated/α-hetero) is 1. The highest BCUT2D eigenvalue weighted by Gasteiger charge is 2.17. The van der Waals surface area contributed by atoms with Gasteiger partial charge in [-0.05, 0) is 6.92 Å². The number of nitrogens with one attached hydrogen (secondary N) is 1. The molecule has 3 heteroatoms. The largest absolute Gasteiger partial charge is 0.372 e. The molecule has 0 aromatic heterocycles. The zero-order valence-corrected chi connectivity index (χ0v) is 7.05. The highest BCUT2D eigenvalue weighted by atomic mass is 16.1. The molecule has 0 saturated heterocycles. The number of hydrogen-bond donors (Lipinski definition) is 1. The fourth-order valence-corrected chi connectivity index (χ4v) is 1.15. The average Bonchev–Trinajstić information content (AvgIpc) is 2.50. The fourth-order valence-electron chi connectivity index (χ4n) is 1.15. The Morgan fingerprint density at radius 1 is 1.73 bits per heavy atom. The molecule has 1 aliphatic rings. The number of ketones is 1. The van der Waals surface area contributed by atoms with Gasteiger partial charge in [-0.15, -0.1) is 0 Å². The van der Waals surface area contributed by atoms with Crippen LogP contribution in [-0.2, 0) is 4.79 Å². The summed E-state index contributed by atoms with van der Waals surface area (Å²) in [5.41, 5.74) is 0.829. The van der Waals surface area contributed by atoms with E-state index in [4.69, 9.17) is 0 Å². The van der Waals surface area contributed by atoms with Crippen molar-refractivity contribution in [2.75, 3.05) is 13.2 Å². The van der Waals surface area contributed by atoms with Crippen LogP contribution in [0.1, 0.15) is 20.3 Å². The lowest BCUT2D eigenvalue weighted by Gasteiger charge is -2.16. The molecule has 0 aromatic carbocycles. The fraction of sp³-hybridized carbons (Fsp3) is 0.625. The summed E-state index contributed by atoms with van der Waals surface area (Å²) in [6.45, 7) is 5.60. The molecule has 62 valence electrons. The van der Waals surface area contributed by atoms with Crippen LogP contribution < -0.4 is 5.32 Å². The highest BCUT2D eigenvalue weighted by molar-refractivity contribution is 5.94. The summed E-state index contributed by atoms with van der Waals surface area (Å²) in [5.74, 6) is 0.219. The van der Waals surface area contributed by atoms with Crippen LogP contribution >= 0.6 is 0 Å². The van der Waals surface area contributed by atoms with Crippen molar-refractivity contribution in [2.24, 2.45) is 0 Å². The zero-order chi connectivity index (χ0) is 8.27. The van der Waals surface area contributed by atoms with Gasteiger partial charge in [0.25, 0.3) is 0 Å². The normalized spacial score (nSPS) is 16.2. The van der Waals surface area contributed by atoms with Gasteiger partial charge in [0.2, 0.25) is 0 Å². The van der Waals surface area contributed by atoms with E-state index in [1.54, 1.807) is 6.20 Å². The van der Waals surface area contributed by atoms with E-state index in [1.165, 1.54) is 0 Å². The van der Waals surface area contributed by atoms with Crippen molar-refractivity contribution in [1.82, 2.24) is 10.2 Å². The van der Waals surface area contributed by atoms with Gasteiger partial charge < -0.3 is 10.2 Å². The van der Waals surface area contributed by atoms with Crippen molar-refractivity contribution >= 4 is 5.78 Å². The Hall–Kier alpha value is -0.990. The summed E-state index contributed by atoms with van der Waals surface area (Å²) >= 11 is 0. The molecule has 0 spiro atoms. The lowest BCUT2D eigenvalue weighted by atomic mass is 10.2. The maximum atomic E-state index is 11.2. The Morgan fingerprint density at radius 2 is 2.45 bits per heavy atom. The van der Waals surface area contributed by atoms with Gasteiger partial charge in [-0.3, -0.25) is 4.79 Å². The molecule has 0 atom stereocenters. The van der Waals surface area contributed by atoms with Crippen molar-refractivity contribution in [3.63, 3.8) is 0 Å². The first-order valence-electron chi connectivity index (χ1n) is 4.01. The van der Waals surface area contributed by atoms with Crippen LogP contribution in [0.2, 0.25) is 0 Å². The molecule has 0 aromatic rings. The minimum absolute atomic E-state index is 0.219. The minimum atomic E-state index is 0.219. The first kappa shape index (κ1) is 8.11. The lowest BCUT2D eigenvalue weighted by molar-refractivity contribution is -0.116. The molecule has 3 nitrogen and oxygen atoms in total. The quantitative estimate of drug-likeness (QED) is 0.649. The van der Waals surface area contributed by atoms with E-state index >= 15 is 0 Å². The minimum Gasteiger partial charge on any atom is -0.372 e. The molecule has 1 heterocycles. The molecule has 0 aliphatic carbocycles. The van der Waals surface area contributed by atoms with Crippen LogP contribution in [0.3, 0.4) is 0 Å². The van der Waals surface area contributed by atoms with Gasteiger partial charge in [0.1, 0.15) is 0 Å². The molecular formula is C8H14N2O. The molecule has 11 heavy (non-hydrogen) atoms. The molecule has 0 radical (unpaired) electrons. The van der Waals surface area contributed by atoms with E-state index in [0.717, 1.165) is 18.9 Å². The van der Waals surface area contributed by atoms with Gasteiger partial charge in [-0.2, -0.15) is 0 Å². The summed E-state index contributed by atoms with van der Waals surface area (Å²) in [4.78, 5) is 13.3. The van der Waals surface area contributed by atoms with Gasteiger partial charge >= 0.3 is 0 Å². The Balaban J connectivity index is 2.62. The summed E-state index contributed by atoms with van der Waals surface area (Å²) in [7, 11) is 0. The summed E-state index contributed by atoms with van der Waals surface area (Å²) in [6.07, 6.45) is 2.39. The van der Waals surface area contributed by atoms with Gasteiger partial charge in [0.15, 0.2) is 5.78 Å². The summed E-state index contributed by atoms with van der Waals surface area (Å²) < 4.78 is 0. The first-order valence-corrected chi connectivity index (χ1v) is 4.01. The summed E-state index contributed by atoms with van der Waals surface area (Å²) in [5, 5.41) is 3.03. The SMILES string of the molecule is CCC(=O)C1=CNCN1CC. The number of carbonyl (C=O) groups excluding carboxylic acids is 1. The molecule has 1 N–H and O–H groups in total. The Labute approximate surface area is 67.1 Å². The van der Waals surface area contributed by atoms with Crippen molar-refractivity contribution < 1.29 is 4.79 Å². The van der Waals surface area contributed by atoms with E-state index < -0.39 is 0 Å². The van der Waals surface area contributed by atoms with Crippen LogP contribution in [-0.4, -0.2) is 23.9 Å². The zero-order valence-electron chi connectivity index (χ0n) is 7.05. The van der Waals surface area contributed by atoms with Crippen LogP contribution in [0.4, 0.5) is 0 Å².